The number of fused-ring (bicyclic) bond motifs is 1. The number of nitrogens with one attached hydrogen (secondary N) is 1. The Balaban J connectivity index is 1.48. The molecule has 27 heavy (non-hydrogen) atoms. The van der Waals surface area contributed by atoms with E-state index in [1.807, 2.05) is 25.1 Å². The Hall–Kier alpha value is -2.18. The Bertz CT molecular complexity index is 885. The van der Waals surface area contributed by atoms with E-state index in [9.17, 15) is 9.59 Å². The number of ether oxygens (including phenoxy) is 1. The number of aryl methyl sites for hydroxylation is 1. The summed E-state index contributed by atoms with van der Waals surface area (Å²) in [6, 6.07) is 7.37. The average Bonchev–Trinajstić information content (AvgIpc) is 3.09. The molecule has 2 fully saturated rings. The summed E-state index contributed by atoms with van der Waals surface area (Å²) in [5, 5.41) is 3.94. The van der Waals surface area contributed by atoms with Crippen LogP contribution < -0.4 is 10.9 Å². The van der Waals surface area contributed by atoms with E-state index in [-0.39, 0.29) is 24.4 Å². The standard InChI is InChI=1S/C21H26N2O4/c1-14-5-6-16-15(11-21(25)27-19(16)9-14)10-20(24)22-17-12-26-13-18(17)23-7-3-2-4-8-23/h5-6,9,11,17-18H,2-4,7-8,10,12-13H2,1H3,(H,22,24)/t17-,18-/m0/s1. The molecule has 0 spiro atoms. The third-order valence-corrected chi connectivity index (χ3v) is 5.59. The van der Waals surface area contributed by atoms with Gasteiger partial charge in [0.15, 0.2) is 0 Å². The lowest BCUT2D eigenvalue weighted by atomic mass is 10.0. The average molecular weight is 370 g/mol. The van der Waals surface area contributed by atoms with Gasteiger partial charge in [0, 0.05) is 11.5 Å². The van der Waals surface area contributed by atoms with Gasteiger partial charge in [-0.1, -0.05) is 18.6 Å². The highest BCUT2D eigenvalue weighted by Gasteiger charge is 2.34. The summed E-state index contributed by atoms with van der Waals surface area (Å²) in [6.45, 7) is 5.31. The van der Waals surface area contributed by atoms with Gasteiger partial charge in [-0.15, -0.1) is 0 Å². The van der Waals surface area contributed by atoms with Crippen LogP contribution >= 0.6 is 0 Å². The molecule has 2 aromatic rings. The molecule has 1 aromatic carbocycles. The molecular formula is C21H26N2O4. The number of likely N-dealkylation sites (tertiary alicyclic amines) is 1. The minimum atomic E-state index is -0.425. The van der Waals surface area contributed by atoms with Crippen molar-refractivity contribution in [3.63, 3.8) is 0 Å². The Morgan fingerprint density at radius 2 is 2.00 bits per heavy atom. The number of rotatable bonds is 4. The second kappa shape index (κ2) is 7.82. The van der Waals surface area contributed by atoms with Crippen molar-refractivity contribution in [3.05, 3.63) is 45.8 Å². The van der Waals surface area contributed by atoms with Crippen LogP contribution in [0.2, 0.25) is 0 Å². The Morgan fingerprint density at radius 3 is 2.81 bits per heavy atom. The lowest BCUT2D eigenvalue weighted by molar-refractivity contribution is -0.121. The molecule has 144 valence electrons. The van der Waals surface area contributed by atoms with Crippen LogP contribution in [0.4, 0.5) is 0 Å². The molecule has 1 amide bonds. The molecule has 6 heteroatoms. The summed E-state index contributed by atoms with van der Waals surface area (Å²) < 4.78 is 10.9. The van der Waals surface area contributed by atoms with Gasteiger partial charge in [0.05, 0.1) is 31.7 Å². The van der Waals surface area contributed by atoms with Gasteiger partial charge >= 0.3 is 5.63 Å². The molecule has 0 bridgehead atoms. The van der Waals surface area contributed by atoms with Gasteiger partial charge < -0.3 is 14.5 Å². The van der Waals surface area contributed by atoms with Crippen LogP contribution in [0.5, 0.6) is 0 Å². The Labute approximate surface area is 158 Å². The second-order valence-electron chi connectivity index (χ2n) is 7.64. The van der Waals surface area contributed by atoms with E-state index in [2.05, 4.69) is 10.2 Å². The third-order valence-electron chi connectivity index (χ3n) is 5.59. The molecule has 1 aromatic heterocycles. The van der Waals surface area contributed by atoms with Gasteiger partial charge in [0.25, 0.3) is 0 Å². The summed E-state index contributed by atoms with van der Waals surface area (Å²) in [5.41, 5.74) is 1.82. The lowest BCUT2D eigenvalue weighted by Gasteiger charge is -2.34. The van der Waals surface area contributed by atoms with Crippen molar-refractivity contribution < 1.29 is 13.9 Å². The zero-order chi connectivity index (χ0) is 18.8. The van der Waals surface area contributed by atoms with Crippen LogP contribution in [0.15, 0.2) is 33.5 Å². The number of carbonyl (C=O) groups is 1. The third kappa shape index (κ3) is 4.06. The SMILES string of the molecule is Cc1ccc2c(CC(=O)N[C@H]3COC[C@@H]3N3CCCCC3)cc(=O)oc2c1. The fourth-order valence-electron chi connectivity index (χ4n) is 4.20. The van der Waals surface area contributed by atoms with Gasteiger partial charge in [0.2, 0.25) is 5.91 Å². The predicted molar refractivity (Wildman–Crippen MR) is 103 cm³/mol. The fraction of sp³-hybridized carbons (Fsp3) is 0.524. The van der Waals surface area contributed by atoms with Crippen LogP contribution in [0, 0.1) is 6.92 Å². The summed E-state index contributed by atoms with van der Waals surface area (Å²) in [4.78, 5) is 27.0. The maximum atomic E-state index is 12.7. The first-order chi connectivity index (χ1) is 13.1. The van der Waals surface area contributed by atoms with Crippen LogP contribution in [0.1, 0.15) is 30.4 Å². The van der Waals surface area contributed by atoms with Crippen molar-refractivity contribution in [2.24, 2.45) is 0 Å². The largest absolute Gasteiger partial charge is 0.423 e. The van der Waals surface area contributed by atoms with Crippen molar-refractivity contribution in [2.75, 3.05) is 26.3 Å². The molecule has 0 radical (unpaired) electrons. The van der Waals surface area contributed by atoms with Crippen LogP contribution in [-0.2, 0) is 16.0 Å². The highest BCUT2D eigenvalue weighted by Crippen LogP contribution is 2.21. The predicted octanol–water partition coefficient (Wildman–Crippen LogP) is 2.01. The molecule has 6 nitrogen and oxygen atoms in total. The highest BCUT2D eigenvalue weighted by molar-refractivity contribution is 5.87. The van der Waals surface area contributed by atoms with Crippen molar-refractivity contribution in [1.82, 2.24) is 10.2 Å². The number of carbonyl (C=O) groups excluding carboxylic acids is 1. The van der Waals surface area contributed by atoms with E-state index in [0.717, 1.165) is 24.0 Å². The number of piperidine rings is 1. The first kappa shape index (κ1) is 18.2. The normalized spacial score (nSPS) is 23.6. The van der Waals surface area contributed by atoms with Gasteiger partial charge in [-0.3, -0.25) is 9.69 Å². The highest BCUT2D eigenvalue weighted by atomic mass is 16.5. The fourth-order valence-corrected chi connectivity index (χ4v) is 4.20. The Morgan fingerprint density at radius 1 is 1.19 bits per heavy atom. The molecular weight excluding hydrogens is 344 g/mol. The van der Waals surface area contributed by atoms with Gasteiger partial charge in [-0.25, -0.2) is 4.79 Å². The number of amides is 1. The maximum absolute atomic E-state index is 12.7. The summed E-state index contributed by atoms with van der Waals surface area (Å²) in [7, 11) is 0. The van der Waals surface area contributed by atoms with Gasteiger partial charge in [0.1, 0.15) is 5.58 Å². The topological polar surface area (TPSA) is 71.8 Å². The van der Waals surface area contributed by atoms with E-state index in [1.165, 1.54) is 25.3 Å². The molecule has 0 aliphatic carbocycles. The quantitative estimate of drug-likeness (QED) is 0.834. The molecule has 0 saturated carbocycles. The Kier molecular flexibility index (Phi) is 5.27. The van der Waals surface area contributed by atoms with Gasteiger partial charge in [-0.05, 0) is 50.0 Å². The van der Waals surface area contributed by atoms with Crippen LogP contribution in [0.25, 0.3) is 11.0 Å². The zero-order valence-corrected chi connectivity index (χ0v) is 15.7. The van der Waals surface area contributed by atoms with Crippen molar-refractivity contribution in [1.29, 1.82) is 0 Å². The van der Waals surface area contributed by atoms with Crippen molar-refractivity contribution in [2.45, 2.75) is 44.7 Å². The summed E-state index contributed by atoms with van der Waals surface area (Å²) in [5.74, 6) is -0.0833. The number of benzene rings is 1. The van der Waals surface area contributed by atoms with E-state index < -0.39 is 5.63 Å². The lowest BCUT2D eigenvalue weighted by Crippen LogP contribution is -2.52. The van der Waals surface area contributed by atoms with E-state index >= 15 is 0 Å². The van der Waals surface area contributed by atoms with E-state index in [0.29, 0.717) is 24.4 Å². The zero-order valence-electron chi connectivity index (χ0n) is 15.7. The van der Waals surface area contributed by atoms with Crippen molar-refractivity contribution in [3.8, 4) is 0 Å². The monoisotopic (exact) mass is 370 g/mol. The molecule has 1 N–H and O–H groups in total. The second-order valence-corrected chi connectivity index (χ2v) is 7.64. The molecule has 3 heterocycles. The molecule has 2 aliphatic heterocycles. The number of nitrogens with zero attached hydrogens (tertiary/aromatic N) is 1. The first-order valence-electron chi connectivity index (χ1n) is 9.75. The van der Waals surface area contributed by atoms with Crippen LogP contribution in [0.3, 0.4) is 0 Å². The van der Waals surface area contributed by atoms with Crippen molar-refractivity contribution >= 4 is 16.9 Å². The van der Waals surface area contributed by atoms with E-state index in [4.69, 9.17) is 9.15 Å². The van der Waals surface area contributed by atoms with Crippen LogP contribution in [-0.4, -0.2) is 49.2 Å². The first-order valence-corrected chi connectivity index (χ1v) is 9.75. The number of hydrogen-bond acceptors (Lipinski definition) is 5. The minimum absolute atomic E-state index is 0.00392. The molecule has 0 unspecified atom stereocenters. The molecule has 2 atom stereocenters. The molecule has 2 saturated heterocycles. The summed E-state index contributed by atoms with van der Waals surface area (Å²) in [6.07, 6.45) is 3.86. The number of hydrogen-bond donors (Lipinski definition) is 1. The summed E-state index contributed by atoms with van der Waals surface area (Å²) >= 11 is 0. The molecule has 4 rings (SSSR count). The van der Waals surface area contributed by atoms with Gasteiger partial charge in [-0.2, -0.15) is 0 Å². The minimum Gasteiger partial charge on any atom is -0.423 e. The molecule has 2 aliphatic rings. The van der Waals surface area contributed by atoms with E-state index in [1.54, 1.807) is 0 Å². The maximum Gasteiger partial charge on any atom is 0.336 e. The smallest absolute Gasteiger partial charge is 0.336 e.